The van der Waals surface area contributed by atoms with E-state index in [4.69, 9.17) is 5.26 Å². The van der Waals surface area contributed by atoms with Crippen molar-refractivity contribution >= 4 is 0 Å². The zero-order chi connectivity index (χ0) is 12.3. The maximum absolute atomic E-state index is 11.8. The fraction of sp³-hybridized carbons (Fsp3) is 0.143. The van der Waals surface area contributed by atoms with Crippen LogP contribution < -0.4 is 5.56 Å². The maximum atomic E-state index is 11.8. The van der Waals surface area contributed by atoms with Gasteiger partial charge in [-0.15, -0.1) is 0 Å². The lowest BCUT2D eigenvalue weighted by Crippen LogP contribution is -2.21. The second-order valence-electron chi connectivity index (χ2n) is 3.71. The van der Waals surface area contributed by atoms with E-state index < -0.39 is 0 Å². The molecule has 1 aromatic carbocycles. The Bertz CT molecular complexity index is 621. The Kier molecular flexibility index (Phi) is 3.06. The topological polar surface area (TPSA) is 45.8 Å². The van der Waals surface area contributed by atoms with Gasteiger partial charge in [0.15, 0.2) is 0 Å². The minimum absolute atomic E-state index is 0.188. The van der Waals surface area contributed by atoms with Crippen molar-refractivity contribution < 1.29 is 0 Å². The van der Waals surface area contributed by atoms with Gasteiger partial charge in [0, 0.05) is 12.7 Å². The molecule has 0 aliphatic heterocycles. The molecule has 0 saturated heterocycles. The zero-order valence-electron chi connectivity index (χ0n) is 9.55. The summed E-state index contributed by atoms with van der Waals surface area (Å²) in [6.45, 7) is 2.45. The van der Waals surface area contributed by atoms with Gasteiger partial charge in [0.1, 0.15) is 11.6 Å². The standard InChI is InChI=1S/C14H12N2O/c1-2-16-10-13(8-12(9-15)14(16)17)11-6-4-3-5-7-11/h3-8,10H,2H2,1H3. The summed E-state index contributed by atoms with van der Waals surface area (Å²) in [6.07, 6.45) is 1.79. The first-order valence-electron chi connectivity index (χ1n) is 5.46. The predicted molar refractivity (Wildman–Crippen MR) is 66.5 cm³/mol. The molecule has 3 heteroatoms. The molecular formula is C14H12N2O. The van der Waals surface area contributed by atoms with Gasteiger partial charge in [0.05, 0.1) is 0 Å². The van der Waals surface area contributed by atoms with E-state index in [-0.39, 0.29) is 11.1 Å². The third-order valence-electron chi connectivity index (χ3n) is 2.65. The van der Waals surface area contributed by atoms with Crippen molar-refractivity contribution in [2.45, 2.75) is 13.5 Å². The number of nitrogens with zero attached hydrogens (tertiary/aromatic N) is 2. The Labute approximate surface area is 99.6 Å². The van der Waals surface area contributed by atoms with E-state index in [0.29, 0.717) is 6.54 Å². The van der Waals surface area contributed by atoms with Crippen molar-refractivity contribution in [3.05, 3.63) is 58.5 Å². The summed E-state index contributed by atoms with van der Waals surface area (Å²) in [4.78, 5) is 11.8. The second kappa shape index (κ2) is 4.67. The molecule has 0 amide bonds. The van der Waals surface area contributed by atoms with Crippen LogP contribution in [0.2, 0.25) is 0 Å². The third-order valence-corrected chi connectivity index (χ3v) is 2.65. The Morgan fingerprint density at radius 1 is 1.24 bits per heavy atom. The fourth-order valence-corrected chi connectivity index (χ4v) is 1.74. The lowest BCUT2D eigenvalue weighted by Gasteiger charge is -2.07. The van der Waals surface area contributed by atoms with Crippen LogP contribution in [0.4, 0.5) is 0 Å². The van der Waals surface area contributed by atoms with E-state index in [1.807, 2.05) is 43.3 Å². The largest absolute Gasteiger partial charge is 0.314 e. The van der Waals surface area contributed by atoms with E-state index in [1.54, 1.807) is 16.8 Å². The highest BCUT2D eigenvalue weighted by Crippen LogP contribution is 2.18. The minimum Gasteiger partial charge on any atom is -0.314 e. The fourth-order valence-electron chi connectivity index (χ4n) is 1.74. The van der Waals surface area contributed by atoms with Crippen molar-refractivity contribution in [1.29, 1.82) is 5.26 Å². The van der Waals surface area contributed by atoms with Crippen LogP contribution in [0.3, 0.4) is 0 Å². The highest BCUT2D eigenvalue weighted by Gasteiger charge is 2.06. The van der Waals surface area contributed by atoms with Crippen LogP contribution in [0, 0.1) is 11.3 Å². The Morgan fingerprint density at radius 2 is 1.94 bits per heavy atom. The molecule has 0 fully saturated rings. The summed E-state index contributed by atoms with van der Waals surface area (Å²) in [5, 5.41) is 8.95. The first-order valence-corrected chi connectivity index (χ1v) is 5.46. The number of benzene rings is 1. The minimum atomic E-state index is -0.227. The summed E-state index contributed by atoms with van der Waals surface area (Å²) in [6, 6.07) is 13.3. The Balaban J connectivity index is 2.66. The van der Waals surface area contributed by atoms with Gasteiger partial charge in [0.25, 0.3) is 5.56 Å². The average Bonchev–Trinajstić information content (AvgIpc) is 2.40. The van der Waals surface area contributed by atoms with Crippen molar-refractivity contribution in [3.63, 3.8) is 0 Å². The molecule has 0 aliphatic rings. The highest BCUT2D eigenvalue weighted by molar-refractivity contribution is 5.63. The van der Waals surface area contributed by atoms with Gasteiger partial charge in [-0.3, -0.25) is 4.79 Å². The average molecular weight is 224 g/mol. The van der Waals surface area contributed by atoms with Gasteiger partial charge in [-0.2, -0.15) is 5.26 Å². The first kappa shape index (κ1) is 11.2. The summed E-state index contributed by atoms with van der Waals surface area (Å²) in [5.74, 6) is 0. The van der Waals surface area contributed by atoms with Crippen LogP contribution >= 0.6 is 0 Å². The highest BCUT2D eigenvalue weighted by atomic mass is 16.1. The van der Waals surface area contributed by atoms with Crippen LogP contribution in [-0.2, 0) is 6.54 Å². The first-order chi connectivity index (χ1) is 8.26. The second-order valence-corrected chi connectivity index (χ2v) is 3.71. The molecule has 3 nitrogen and oxygen atoms in total. The smallest absolute Gasteiger partial charge is 0.268 e. The summed E-state index contributed by atoms with van der Waals surface area (Å²) >= 11 is 0. The van der Waals surface area contributed by atoms with Gasteiger partial charge in [-0.05, 0) is 24.1 Å². The summed E-state index contributed by atoms with van der Waals surface area (Å²) < 4.78 is 1.56. The van der Waals surface area contributed by atoms with E-state index in [1.165, 1.54) is 0 Å². The van der Waals surface area contributed by atoms with Gasteiger partial charge in [-0.1, -0.05) is 30.3 Å². The van der Waals surface area contributed by atoms with Crippen molar-refractivity contribution in [2.24, 2.45) is 0 Å². The van der Waals surface area contributed by atoms with Gasteiger partial charge < -0.3 is 4.57 Å². The molecule has 2 aromatic rings. The molecule has 1 aromatic heterocycles. The SMILES string of the molecule is CCn1cc(-c2ccccc2)cc(C#N)c1=O. The lowest BCUT2D eigenvalue weighted by molar-refractivity contribution is 0.726. The van der Waals surface area contributed by atoms with Crippen molar-refractivity contribution in [1.82, 2.24) is 4.57 Å². The lowest BCUT2D eigenvalue weighted by atomic mass is 10.1. The number of aromatic nitrogens is 1. The van der Waals surface area contributed by atoms with Crippen molar-refractivity contribution in [2.75, 3.05) is 0 Å². The molecule has 17 heavy (non-hydrogen) atoms. The molecule has 0 saturated carbocycles. The summed E-state index contributed by atoms with van der Waals surface area (Å²) in [7, 11) is 0. The number of rotatable bonds is 2. The van der Waals surface area contributed by atoms with E-state index in [2.05, 4.69) is 0 Å². The third kappa shape index (κ3) is 2.11. The molecule has 0 atom stereocenters. The number of pyridine rings is 1. The van der Waals surface area contributed by atoms with Crippen LogP contribution in [0.15, 0.2) is 47.4 Å². The molecule has 0 aliphatic carbocycles. The molecule has 0 unspecified atom stereocenters. The molecule has 0 radical (unpaired) electrons. The zero-order valence-corrected chi connectivity index (χ0v) is 9.55. The van der Waals surface area contributed by atoms with E-state index in [9.17, 15) is 4.79 Å². The van der Waals surface area contributed by atoms with Crippen LogP contribution in [-0.4, -0.2) is 4.57 Å². The maximum Gasteiger partial charge on any atom is 0.268 e. The Morgan fingerprint density at radius 3 is 2.53 bits per heavy atom. The molecule has 0 spiro atoms. The van der Waals surface area contributed by atoms with Gasteiger partial charge in [0.2, 0.25) is 0 Å². The van der Waals surface area contributed by atoms with Crippen LogP contribution in [0.1, 0.15) is 12.5 Å². The van der Waals surface area contributed by atoms with Crippen LogP contribution in [0.5, 0.6) is 0 Å². The Hall–Kier alpha value is -2.34. The molecule has 0 bridgehead atoms. The van der Waals surface area contributed by atoms with E-state index in [0.717, 1.165) is 11.1 Å². The molecule has 1 heterocycles. The molecular weight excluding hydrogens is 212 g/mol. The van der Waals surface area contributed by atoms with E-state index >= 15 is 0 Å². The number of hydrogen-bond acceptors (Lipinski definition) is 2. The number of aryl methyl sites for hydroxylation is 1. The normalized spacial score (nSPS) is 9.88. The van der Waals surface area contributed by atoms with Crippen molar-refractivity contribution in [3.8, 4) is 17.2 Å². The molecule has 84 valence electrons. The van der Waals surface area contributed by atoms with Gasteiger partial charge in [-0.25, -0.2) is 0 Å². The number of hydrogen-bond donors (Lipinski definition) is 0. The summed E-state index contributed by atoms with van der Waals surface area (Å²) in [5.41, 5.74) is 1.86. The molecule has 2 rings (SSSR count). The monoisotopic (exact) mass is 224 g/mol. The van der Waals surface area contributed by atoms with Gasteiger partial charge >= 0.3 is 0 Å². The van der Waals surface area contributed by atoms with Crippen LogP contribution in [0.25, 0.3) is 11.1 Å². The number of nitriles is 1. The quantitative estimate of drug-likeness (QED) is 0.786. The predicted octanol–water partition coefficient (Wildman–Crippen LogP) is 2.41. The molecule has 0 N–H and O–H groups in total.